The molecule has 2 atom stereocenters. The van der Waals surface area contributed by atoms with Crippen molar-refractivity contribution in [3.8, 4) is 0 Å². The molecule has 0 radical (unpaired) electrons. The molecule has 0 spiro atoms. The van der Waals surface area contributed by atoms with Crippen LogP contribution in [0.2, 0.25) is 0 Å². The van der Waals surface area contributed by atoms with E-state index in [2.05, 4.69) is 74.6 Å². The largest absolute Gasteiger partial charge is 0.303 e. The third kappa shape index (κ3) is 3.54. The van der Waals surface area contributed by atoms with Crippen LogP contribution in [0.1, 0.15) is 54.1 Å². The summed E-state index contributed by atoms with van der Waals surface area (Å²) >= 11 is 0. The fraction of sp³-hybridized carbons (Fsp3) is 0.400. The van der Waals surface area contributed by atoms with E-state index in [9.17, 15) is 0 Å². The summed E-state index contributed by atoms with van der Waals surface area (Å²) in [6.07, 6.45) is 2.71. The van der Waals surface area contributed by atoms with E-state index in [1.165, 1.54) is 35.1 Å². The van der Waals surface area contributed by atoms with E-state index in [0.717, 1.165) is 5.92 Å². The lowest BCUT2D eigenvalue weighted by Gasteiger charge is -2.24. The molecule has 0 bridgehead atoms. The van der Waals surface area contributed by atoms with Gasteiger partial charge in [-0.2, -0.15) is 0 Å². The Hall–Kier alpha value is -1.60. The molecule has 0 aromatic heterocycles. The molecule has 1 heteroatoms. The van der Waals surface area contributed by atoms with Gasteiger partial charge >= 0.3 is 0 Å². The molecule has 2 aromatic carbocycles. The first-order valence-corrected chi connectivity index (χ1v) is 8.02. The molecule has 1 N–H and O–H groups in total. The SMILES string of the molecule is Cc1ccc(C(N[C@H](C)c2cccc(C)c2)C2CC2)cc1. The summed E-state index contributed by atoms with van der Waals surface area (Å²) in [7, 11) is 0. The fourth-order valence-electron chi connectivity index (χ4n) is 3.01. The molecular weight excluding hydrogens is 254 g/mol. The summed E-state index contributed by atoms with van der Waals surface area (Å²) in [5.74, 6) is 0.806. The fourth-order valence-corrected chi connectivity index (χ4v) is 3.01. The molecule has 21 heavy (non-hydrogen) atoms. The first kappa shape index (κ1) is 14.3. The first-order chi connectivity index (χ1) is 10.1. The average molecular weight is 279 g/mol. The predicted molar refractivity (Wildman–Crippen MR) is 89.4 cm³/mol. The number of hydrogen-bond acceptors (Lipinski definition) is 1. The lowest BCUT2D eigenvalue weighted by atomic mass is 9.98. The minimum Gasteiger partial charge on any atom is -0.303 e. The second-order valence-corrected chi connectivity index (χ2v) is 6.53. The minimum absolute atomic E-state index is 0.386. The van der Waals surface area contributed by atoms with Crippen LogP contribution >= 0.6 is 0 Å². The van der Waals surface area contributed by atoms with Crippen molar-refractivity contribution in [2.75, 3.05) is 0 Å². The van der Waals surface area contributed by atoms with E-state index in [1.54, 1.807) is 0 Å². The Kier molecular flexibility index (Phi) is 4.12. The van der Waals surface area contributed by atoms with Gasteiger partial charge in [-0.3, -0.25) is 0 Å². The van der Waals surface area contributed by atoms with Gasteiger partial charge in [-0.1, -0.05) is 59.7 Å². The summed E-state index contributed by atoms with van der Waals surface area (Å²) in [6.45, 7) is 6.59. The van der Waals surface area contributed by atoms with Crippen LogP contribution < -0.4 is 5.32 Å². The van der Waals surface area contributed by atoms with Crippen molar-refractivity contribution in [1.82, 2.24) is 5.32 Å². The van der Waals surface area contributed by atoms with Gasteiger partial charge in [0.05, 0.1) is 0 Å². The van der Waals surface area contributed by atoms with Crippen LogP contribution in [0.5, 0.6) is 0 Å². The normalized spacial score (nSPS) is 17.5. The maximum Gasteiger partial charge on any atom is 0.0353 e. The van der Waals surface area contributed by atoms with Crippen LogP contribution in [0.15, 0.2) is 48.5 Å². The summed E-state index contributed by atoms with van der Waals surface area (Å²) < 4.78 is 0. The number of hydrogen-bond donors (Lipinski definition) is 1. The van der Waals surface area contributed by atoms with Crippen molar-refractivity contribution in [2.45, 2.75) is 45.7 Å². The van der Waals surface area contributed by atoms with Crippen LogP contribution in [0.3, 0.4) is 0 Å². The van der Waals surface area contributed by atoms with Crippen LogP contribution in [-0.4, -0.2) is 0 Å². The van der Waals surface area contributed by atoms with E-state index in [-0.39, 0.29) is 0 Å². The molecule has 110 valence electrons. The van der Waals surface area contributed by atoms with Crippen molar-refractivity contribution in [2.24, 2.45) is 5.92 Å². The molecule has 1 saturated carbocycles. The monoisotopic (exact) mass is 279 g/mol. The maximum atomic E-state index is 3.86. The zero-order valence-electron chi connectivity index (χ0n) is 13.3. The highest BCUT2D eigenvalue weighted by molar-refractivity contribution is 5.28. The van der Waals surface area contributed by atoms with E-state index < -0.39 is 0 Å². The topological polar surface area (TPSA) is 12.0 Å². The van der Waals surface area contributed by atoms with Gasteiger partial charge in [-0.25, -0.2) is 0 Å². The number of rotatable bonds is 5. The van der Waals surface area contributed by atoms with Crippen LogP contribution in [0, 0.1) is 19.8 Å². The van der Waals surface area contributed by atoms with E-state index >= 15 is 0 Å². The first-order valence-electron chi connectivity index (χ1n) is 8.02. The Morgan fingerprint density at radius 3 is 2.24 bits per heavy atom. The molecule has 3 rings (SSSR count). The predicted octanol–water partition coefficient (Wildman–Crippen LogP) is 5.11. The van der Waals surface area contributed by atoms with Gasteiger partial charge in [0.1, 0.15) is 0 Å². The second-order valence-electron chi connectivity index (χ2n) is 6.53. The Morgan fingerprint density at radius 2 is 1.62 bits per heavy atom. The molecule has 0 heterocycles. The Balaban J connectivity index is 1.77. The van der Waals surface area contributed by atoms with E-state index in [0.29, 0.717) is 12.1 Å². The Bertz CT molecular complexity index is 595. The minimum atomic E-state index is 0.386. The van der Waals surface area contributed by atoms with Crippen molar-refractivity contribution in [1.29, 1.82) is 0 Å². The van der Waals surface area contributed by atoms with Gasteiger partial charge in [-0.15, -0.1) is 0 Å². The Morgan fingerprint density at radius 1 is 0.905 bits per heavy atom. The number of aryl methyl sites for hydroxylation is 2. The number of benzene rings is 2. The van der Waals surface area contributed by atoms with Crippen molar-refractivity contribution < 1.29 is 0 Å². The second kappa shape index (κ2) is 6.03. The third-order valence-corrected chi connectivity index (χ3v) is 4.50. The molecular formula is C20H25N. The summed E-state index contributed by atoms with van der Waals surface area (Å²) in [5.41, 5.74) is 5.48. The van der Waals surface area contributed by atoms with Gasteiger partial charge < -0.3 is 5.32 Å². The van der Waals surface area contributed by atoms with Crippen molar-refractivity contribution >= 4 is 0 Å². The zero-order valence-corrected chi connectivity index (χ0v) is 13.3. The highest BCUT2D eigenvalue weighted by Gasteiger charge is 2.33. The summed E-state index contributed by atoms with van der Waals surface area (Å²) in [5, 5.41) is 3.86. The molecule has 1 unspecified atom stereocenters. The van der Waals surface area contributed by atoms with Gasteiger partial charge in [0.15, 0.2) is 0 Å². The molecule has 1 aliphatic carbocycles. The lowest BCUT2D eigenvalue weighted by molar-refractivity contribution is 0.427. The summed E-state index contributed by atoms with van der Waals surface area (Å²) in [4.78, 5) is 0. The highest BCUT2D eigenvalue weighted by atomic mass is 15.0. The number of nitrogens with one attached hydrogen (secondary N) is 1. The maximum absolute atomic E-state index is 3.86. The smallest absolute Gasteiger partial charge is 0.0353 e. The van der Waals surface area contributed by atoms with Crippen LogP contribution in [0.4, 0.5) is 0 Å². The molecule has 1 nitrogen and oxygen atoms in total. The molecule has 0 saturated heterocycles. The lowest BCUT2D eigenvalue weighted by Crippen LogP contribution is -2.26. The quantitative estimate of drug-likeness (QED) is 0.802. The van der Waals surface area contributed by atoms with Gasteiger partial charge in [0.2, 0.25) is 0 Å². The summed E-state index contributed by atoms with van der Waals surface area (Å²) in [6, 6.07) is 18.7. The molecule has 0 aliphatic heterocycles. The molecule has 1 aliphatic rings. The average Bonchev–Trinajstić information content (AvgIpc) is 3.30. The standard InChI is InChI=1S/C20H25N/c1-14-7-9-17(10-8-14)20(18-11-12-18)21-16(3)19-6-4-5-15(2)13-19/h4-10,13,16,18,20-21H,11-12H2,1-3H3/t16-,20?/m1/s1. The van der Waals surface area contributed by atoms with E-state index in [1.807, 2.05) is 0 Å². The van der Waals surface area contributed by atoms with Crippen LogP contribution in [-0.2, 0) is 0 Å². The van der Waals surface area contributed by atoms with Crippen molar-refractivity contribution in [3.05, 3.63) is 70.8 Å². The molecule has 0 amide bonds. The van der Waals surface area contributed by atoms with Gasteiger partial charge in [-0.05, 0) is 50.7 Å². The molecule has 1 fully saturated rings. The highest BCUT2D eigenvalue weighted by Crippen LogP contribution is 2.42. The molecule has 2 aromatic rings. The van der Waals surface area contributed by atoms with Crippen molar-refractivity contribution in [3.63, 3.8) is 0 Å². The van der Waals surface area contributed by atoms with Gasteiger partial charge in [0.25, 0.3) is 0 Å². The van der Waals surface area contributed by atoms with Gasteiger partial charge in [0, 0.05) is 12.1 Å². The third-order valence-electron chi connectivity index (χ3n) is 4.50. The zero-order chi connectivity index (χ0) is 14.8. The van der Waals surface area contributed by atoms with Crippen LogP contribution in [0.25, 0.3) is 0 Å². The Labute approximate surface area is 128 Å². The van der Waals surface area contributed by atoms with E-state index in [4.69, 9.17) is 0 Å².